The van der Waals surface area contributed by atoms with Gasteiger partial charge in [-0.05, 0) is 19.8 Å². The number of nitrogens with zero attached hydrogens (tertiary/aromatic N) is 2. The van der Waals surface area contributed by atoms with Crippen LogP contribution >= 0.6 is 11.8 Å². The van der Waals surface area contributed by atoms with Crippen LogP contribution in [-0.4, -0.2) is 38.6 Å². The molecule has 8 nitrogen and oxygen atoms in total. The highest BCUT2D eigenvalue weighted by molar-refractivity contribution is 8.13. The Kier molecular flexibility index (Phi) is 5.94. The number of carbonyl (C=O) groups is 2. The molecule has 0 bridgehead atoms. The molecule has 3 atom stereocenters. The number of nitrogen functional groups attached to an aromatic ring is 1. The van der Waals surface area contributed by atoms with E-state index in [1.54, 1.807) is 0 Å². The van der Waals surface area contributed by atoms with Crippen molar-refractivity contribution in [1.82, 2.24) is 9.55 Å². The monoisotopic (exact) mass is 359 g/mol. The molecule has 3 unspecified atom stereocenters. The average molecular weight is 359 g/mol. The van der Waals surface area contributed by atoms with Crippen molar-refractivity contribution in [3.63, 3.8) is 0 Å². The first-order valence-corrected chi connectivity index (χ1v) is 8.30. The van der Waals surface area contributed by atoms with E-state index in [0.717, 1.165) is 22.5 Å². The molecule has 0 saturated carbocycles. The molecule has 1 aliphatic rings. The topological polar surface area (TPSA) is 114 Å². The maximum atomic E-state index is 13.5. The minimum absolute atomic E-state index is 0.277. The van der Waals surface area contributed by atoms with E-state index < -0.39 is 35.6 Å². The minimum atomic E-state index is -0.831. The van der Waals surface area contributed by atoms with Crippen LogP contribution in [0.5, 0.6) is 0 Å². The second-order valence-electron chi connectivity index (χ2n) is 5.34. The summed E-state index contributed by atoms with van der Waals surface area (Å²) in [7, 11) is 0. The fourth-order valence-corrected chi connectivity index (χ4v) is 3.15. The number of anilines is 1. The molecule has 2 N–H and O–H groups in total. The summed E-state index contributed by atoms with van der Waals surface area (Å²) in [6.07, 6.45) is 0.309. The van der Waals surface area contributed by atoms with Gasteiger partial charge < -0.3 is 15.2 Å². The van der Waals surface area contributed by atoms with Gasteiger partial charge in [0.15, 0.2) is 17.7 Å². The van der Waals surface area contributed by atoms with Gasteiger partial charge >= 0.3 is 11.7 Å². The maximum absolute atomic E-state index is 13.5. The number of thioether (sulfide) groups is 1. The second kappa shape index (κ2) is 7.75. The number of ether oxygens (including phenoxy) is 2. The van der Waals surface area contributed by atoms with Crippen molar-refractivity contribution in [3.8, 4) is 0 Å². The van der Waals surface area contributed by atoms with Crippen molar-refractivity contribution in [3.05, 3.63) is 22.5 Å². The third-order valence-electron chi connectivity index (χ3n) is 3.42. The molecular weight excluding hydrogens is 341 g/mol. The second-order valence-corrected chi connectivity index (χ2v) is 6.36. The van der Waals surface area contributed by atoms with Crippen molar-refractivity contribution in [2.45, 2.75) is 45.1 Å². The van der Waals surface area contributed by atoms with Gasteiger partial charge in [0.1, 0.15) is 6.23 Å². The Morgan fingerprint density at radius 3 is 2.96 bits per heavy atom. The van der Waals surface area contributed by atoms with Gasteiger partial charge in [0.25, 0.3) is 0 Å². The standard InChI is InChI=1S/C14H18FN3O5S/c1-7(22-8(2)19)13(20)24-6-9-3-4-11(23-9)18-5-10(15)12(16)17-14(18)21/h5,7,9,11H,3-4,6H2,1-2H3,(H2,16,17,21). The Morgan fingerprint density at radius 1 is 1.58 bits per heavy atom. The zero-order valence-electron chi connectivity index (χ0n) is 13.2. The molecule has 0 aliphatic carbocycles. The lowest BCUT2D eigenvalue weighted by molar-refractivity contribution is -0.149. The predicted octanol–water partition coefficient (Wildman–Crippen LogP) is 0.854. The quantitative estimate of drug-likeness (QED) is 0.770. The number of carbonyl (C=O) groups excluding carboxylic acids is 2. The lowest BCUT2D eigenvalue weighted by atomic mass is 10.2. The van der Waals surface area contributed by atoms with E-state index in [9.17, 15) is 18.8 Å². The molecular formula is C14H18FN3O5S. The zero-order chi connectivity index (χ0) is 17.9. The Hall–Kier alpha value is -1.94. The number of nitrogens with two attached hydrogens (primary N) is 1. The highest BCUT2D eigenvalue weighted by Gasteiger charge is 2.29. The first-order chi connectivity index (χ1) is 11.3. The lowest BCUT2D eigenvalue weighted by Gasteiger charge is -2.16. The molecule has 0 radical (unpaired) electrons. The van der Waals surface area contributed by atoms with Crippen LogP contribution in [0.4, 0.5) is 10.2 Å². The van der Waals surface area contributed by atoms with E-state index in [0.29, 0.717) is 18.6 Å². The molecule has 2 heterocycles. The van der Waals surface area contributed by atoms with Crippen molar-refractivity contribution in [2.24, 2.45) is 0 Å². The van der Waals surface area contributed by atoms with Crippen molar-refractivity contribution >= 4 is 28.7 Å². The van der Waals surface area contributed by atoms with Crippen LogP contribution in [0.2, 0.25) is 0 Å². The number of halogens is 1. The van der Waals surface area contributed by atoms with E-state index in [1.165, 1.54) is 13.8 Å². The Labute approximate surface area is 141 Å². The molecule has 1 saturated heterocycles. The van der Waals surface area contributed by atoms with Gasteiger partial charge in [-0.25, -0.2) is 9.18 Å². The van der Waals surface area contributed by atoms with Gasteiger partial charge in [-0.2, -0.15) is 4.98 Å². The number of hydrogen-bond acceptors (Lipinski definition) is 8. The number of hydrogen-bond donors (Lipinski definition) is 1. The highest BCUT2D eigenvalue weighted by Crippen LogP contribution is 2.29. The normalized spacial score (nSPS) is 21.5. The molecule has 1 aromatic heterocycles. The summed E-state index contributed by atoms with van der Waals surface area (Å²) in [5.74, 6) is -1.42. The maximum Gasteiger partial charge on any atom is 0.351 e. The number of aromatic nitrogens is 2. The van der Waals surface area contributed by atoms with E-state index >= 15 is 0 Å². The van der Waals surface area contributed by atoms with Crippen LogP contribution in [0.15, 0.2) is 11.0 Å². The largest absolute Gasteiger partial charge is 0.454 e. The van der Waals surface area contributed by atoms with Crippen molar-refractivity contribution in [1.29, 1.82) is 0 Å². The van der Waals surface area contributed by atoms with Gasteiger partial charge in [-0.3, -0.25) is 14.2 Å². The summed E-state index contributed by atoms with van der Waals surface area (Å²) in [5, 5.41) is -0.283. The van der Waals surface area contributed by atoms with Crippen molar-refractivity contribution < 1.29 is 23.5 Å². The fourth-order valence-electron chi connectivity index (χ4n) is 2.27. The van der Waals surface area contributed by atoms with Crippen LogP contribution in [-0.2, 0) is 19.1 Å². The zero-order valence-corrected chi connectivity index (χ0v) is 14.0. The molecule has 1 aliphatic heterocycles. The lowest BCUT2D eigenvalue weighted by Crippen LogP contribution is -2.29. The third kappa shape index (κ3) is 4.54. The van der Waals surface area contributed by atoms with Crippen LogP contribution in [0.3, 0.4) is 0 Å². The third-order valence-corrected chi connectivity index (χ3v) is 4.57. The number of rotatable bonds is 5. The molecule has 0 amide bonds. The molecule has 1 aromatic rings. The molecule has 24 heavy (non-hydrogen) atoms. The molecule has 10 heteroatoms. The summed E-state index contributed by atoms with van der Waals surface area (Å²) in [5.41, 5.74) is 4.55. The van der Waals surface area contributed by atoms with Crippen LogP contribution < -0.4 is 11.4 Å². The van der Waals surface area contributed by atoms with Gasteiger partial charge in [-0.15, -0.1) is 0 Å². The van der Waals surface area contributed by atoms with Crippen LogP contribution in [0.1, 0.15) is 32.9 Å². The first-order valence-electron chi connectivity index (χ1n) is 7.31. The summed E-state index contributed by atoms with van der Waals surface area (Å²) in [6.45, 7) is 2.73. The Balaban J connectivity index is 1.90. The first kappa shape index (κ1) is 18.4. The van der Waals surface area contributed by atoms with Gasteiger partial charge in [0.2, 0.25) is 5.12 Å². The van der Waals surface area contributed by atoms with E-state index in [4.69, 9.17) is 15.2 Å². The van der Waals surface area contributed by atoms with E-state index in [-0.39, 0.29) is 11.2 Å². The number of esters is 1. The summed E-state index contributed by atoms with van der Waals surface area (Å²) >= 11 is 0.993. The highest BCUT2D eigenvalue weighted by atomic mass is 32.2. The fraction of sp³-hybridized carbons (Fsp3) is 0.571. The van der Waals surface area contributed by atoms with Gasteiger partial charge in [0, 0.05) is 12.7 Å². The summed E-state index contributed by atoms with van der Waals surface area (Å²) < 4.78 is 25.0. The Bertz CT molecular complexity index is 695. The van der Waals surface area contributed by atoms with Gasteiger partial charge in [-0.1, -0.05) is 11.8 Å². The molecule has 132 valence electrons. The van der Waals surface area contributed by atoms with E-state index in [1.807, 2.05) is 0 Å². The van der Waals surface area contributed by atoms with Crippen LogP contribution in [0.25, 0.3) is 0 Å². The SMILES string of the molecule is CC(=O)OC(C)C(=O)SCC1CCC(n2cc(F)c(N)nc2=O)O1. The Morgan fingerprint density at radius 2 is 2.29 bits per heavy atom. The van der Waals surface area contributed by atoms with Crippen molar-refractivity contribution in [2.75, 3.05) is 11.5 Å². The predicted molar refractivity (Wildman–Crippen MR) is 84.7 cm³/mol. The molecule has 2 rings (SSSR count). The summed E-state index contributed by atoms with van der Waals surface area (Å²) in [6, 6.07) is 0. The van der Waals surface area contributed by atoms with Gasteiger partial charge in [0.05, 0.1) is 12.3 Å². The summed E-state index contributed by atoms with van der Waals surface area (Å²) in [4.78, 5) is 37.8. The average Bonchev–Trinajstić information content (AvgIpc) is 2.96. The van der Waals surface area contributed by atoms with Crippen LogP contribution in [0, 0.1) is 5.82 Å². The molecule has 1 fully saturated rings. The van der Waals surface area contributed by atoms with E-state index in [2.05, 4.69) is 4.98 Å². The minimum Gasteiger partial charge on any atom is -0.454 e. The molecule has 0 spiro atoms. The smallest absolute Gasteiger partial charge is 0.351 e. The molecule has 0 aromatic carbocycles.